The summed E-state index contributed by atoms with van der Waals surface area (Å²) in [6.07, 6.45) is 3.15. The van der Waals surface area contributed by atoms with Crippen LogP contribution in [0.4, 0.5) is 0 Å². The van der Waals surface area contributed by atoms with E-state index in [1.165, 1.54) is 18.2 Å². The Morgan fingerprint density at radius 3 is 2.50 bits per heavy atom. The molecule has 0 radical (unpaired) electrons. The van der Waals surface area contributed by atoms with E-state index >= 15 is 0 Å². The number of aromatic hydroxyl groups is 2. The molecule has 5 heteroatoms. The molecule has 1 aromatic rings. The van der Waals surface area contributed by atoms with Gasteiger partial charge >= 0.3 is 0 Å². The van der Waals surface area contributed by atoms with Crippen LogP contribution in [0.25, 0.3) is 0 Å². The number of nitriles is 1. The SMILES string of the molecule is N#CC1(NC(=O)c2ccc(O)c(O)c2)CCCC1. The lowest BCUT2D eigenvalue weighted by atomic mass is 9.99. The molecule has 0 bridgehead atoms. The van der Waals surface area contributed by atoms with Crippen LogP contribution < -0.4 is 5.32 Å². The van der Waals surface area contributed by atoms with Gasteiger partial charge in [-0.1, -0.05) is 0 Å². The number of carbonyl (C=O) groups is 1. The number of benzene rings is 1. The third kappa shape index (κ3) is 2.23. The van der Waals surface area contributed by atoms with E-state index < -0.39 is 11.4 Å². The standard InChI is InChI=1S/C13H14N2O3/c14-8-13(5-1-2-6-13)15-12(18)9-3-4-10(16)11(17)7-9/h3-4,7,16-17H,1-2,5-6H2,(H,15,18). The summed E-state index contributed by atoms with van der Waals surface area (Å²) in [5.41, 5.74) is -0.559. The number of nitrogens with one attached hydrogen (secondary N) is 1. The molecule has 94 valence electrons. The topological polar surface area (TPSA) is 93.4 Å². The average molecular weight is 246 g/mol. The monoisotopic (exact) mass is 246 g/mol. The van der Waals surface area contributed by atoms with Gasteiger partial charge in [-0.05, 0) is 43.9 Å². The molecule has 0 unspecified atom stereocenters. The molecule has 0 atom stereocenters. The number of carbonyl (C=O) groups excluding carboxylic acids is 1. The fourth-order valence-electron chi connectivity index (χ4n) is 2.20. The van der Waals surface area contributed by atoms with Crippen molar-refractivity contribution in [2.45, 2.75) is 31.2 Å². The second kappa shape index (κ2) is 4.57. The fourth-order valence-corrected chi connectivity index (χ4v) is 2.20. The summed E-state index contributed by atoms with van der Waals surface area (Å²) in [4.78, 5) is 12.0. The highest BCUT2D eigenvalue weighted by molar-refractivity contribution is 5.95. The van der Waals surface area contributed by atoms with Crippen molar-refractivity contribution < 1.29 is 15.0 Å². The van der Waals surface area contributed by atoms with Gasteiger partial charge in [0.2, 0.25) is 0 Å². The van der Waals surface area contributed by atoms with Crippen LogP contribution in [0, 0.1) is 11.3 Å². The normalized spacial score (nSPS) is 17.1. The number of nitrogens with zero attached hydrogens (tertiary/aromatic N) is 1. The number of amides is 1. The Kier molecular flexibility index (Phi) is 3.11. The first-order chi connectivity index (χ1) is 8.56. The third-order valence-electron chi connectivity index (χ3n) is 3.26. The van der Waals surface area contributed by atoms with Gasteiger partial charge in [0.05, 0.1) is 6.07 Å². The maximum atomic E-state index is 12.0. The van der Waals surface area contributed by atoms with Crippen LogP contribution in [-0.4, -0.2) is 21.7 Å². The number of rotatable bonds is 2. The van der Waals surface area contributed by atoms with E-state index in [-0.39, 0.29) is 17.1 Å². The lowest BCUT2D eigenvalue weighted by molar-refractivity contribution is 0.0920. The van der Waals surface area contributed by atoms with Crippen molar-refractivity contribution in [3.63, 3.8) is 0 Å². The highest BCUT2D eigenvalue weighted by Crippen LogP contribution is 2.30. The summed E-state index contributed by atoms with van der Waals surface area (Å²) in [5, 5.41) is 30.4. The van der Waals surface area contributed by atoms with Crippen LogP contribution in [0.1, 0.15) is 36.0 Å². The van der Waals surface area contributed by atoms with Crippen molar-refractivity contribution in [3.05, 3.63) is 23.8 Å². The molecular weight excluding hydrogens is 232 g/mol. The molecule has 1 aliphatic rings. The van der Waals surface area contributed by atoms with Gasteiger partial charge in [-0.3, -0.25) is 4.79 Å². The van der Waals surface area contributed by atoms with Crippen molar-refractivity contribution in [1.29, 1.82) is 5.26 Å². The van der Waals surface area contributed by atoms with Crippen LogP contribution in [0.3, 0.4) is 0 Å². The summed E-state index contributed by atoms with van der Waals surface area (Å²) in [6.45, 7) is 0. The van der Waals surface area contributed by atoms with Crippen molar-refractivity contribution in [1.82, 2.24) is 5.32 Å². The molecule has 0 heterocycles. The minimum Gasteiger partial charge on any atom is -0.504 e. The molecule has 5 nitrogen and oxygen atoms in total. The number of hydrogen-bond donors (Lipinski definition) is 3. The smallest absolute Gasteiger partial charge is 0.252 e. The molecule has 2 rings (SSSR count). The highest BCUT2D eigenvalue weighted by Gasteiger charge is 2.35. The maximum Gasteiger partial charge on any atom is 0.252 e. The van der Waals surface area contributed by atoms with Gasteiger partial charge in [0.25, 0.3) is 5.91 Å². The summed E-state index contributed by atoms with van der Waals surface area (Å²) in [5.74, 6) is -1.03. The molecule has 0 saturated heterocycles. The molecule has 0 aliphatic heterocycles. The van der Waals surface area contributed by atoms with Crippen LogP contribution in [0.5, 0.6) is 11.5 Å². The van der Waals surface area contributed by atoms with E-state index in [4.69, 9.17) is 5.26 Å². The predicted octanol–water partition coefficient (Wildman–Crippen LogP) is 1.66. The molecule has 0 aromatic heterocycles. The Morgan fingerprint density at radius 1 is 1.28 bits per heavy atom. The van der Waals surface area contributed by atoms with E-state index in [0.717, 1.165) is 12.8 Å². The van der Waals surface area contributed by atoms with Crippen LogP contribution in [0.15, 0.2) is 18.2 Å². The molecule has 0 spiro atoms. The molecule has 3 N–H and O–H groups in total. The van der Waals surface area contributed by atoms with Crippen molar-refractivity contribution in [2.75, 3.05) is 0 Å². The van der Waals surface area contributed by atoms with E-state index in [1.807, 2.05) is 0 Å². The predicted molar refractivity (Wildman–Crippen MR) is 64.0 cm³/mol. The summed E-state index contributed by atoms with van der Waals surface area (Å²) >= 11 is 0. The van der Waals surface area contributed by atoms with E-state index in [0.29, 0.717) is 12.8 Å². The maximum absolute atomic E-state index is 12.0. The quantitative estimate of drug-likeness (QED) is 0.692. The Morgan fingerprint density at radius 2 is 1.94 bits per heavy atom. The van der Waals surface area contributed by atoms with Gasteiger partial charge in [0, 0.05) is 5.56 Å². The Bertz CT molecular complexity index is 513. The van der Waals surface area contributed by atoms with E-state index in [9.17, 15) is 15.0 Å². The summed E-state index contributed by atoms with van der Waals surface area (Å²) in [7, 11) is 0. The minimum absolute atomic E-state index is 0.229. The first-order valence-electron chi connectivity index (χ1n) is 5.82. The molecular formula is C13H14N2O3. The van der Waals surface area contributed by atoms with E-state index in [1.54, 1.807) is 0 Å². The third-order valence-corrected chi connectivity index (χ3v) is 3.26. The van der Waals surface area contributed by atoms with Crippen LogP contribution >= 0.6 is 0 Å². The van der Waals surface area contributed by atoms with Crippen molar-refractivity contribution >= 4 is 5.91 Å². The minimum atomic E-state index is -0.787. The zero-order valence-corrected chi connectivity index (χ0v) is 9.81. The Hall–Kier alpha value is -2.22. The van der Waals surface area contributed by atoms with Gasteiger partial charge in [0.1, 0.15) is 5.54 Å². The highest BCUT2D eigenvalue weighted by atomic mass is 16.3. The summed E-state index contributed by atoms with van der Waals surface area (Å²) in [6, 6.07) is 6.00. The van der Waals surface area contributed by atoms with Gasteiger partial charge in [-0.2, -0.15) is 5.26 Å². The Labute approximate surface area is 105 Å². The van der Waals surface area contributed by atoms with Gasteiger partial charge in [-0.25, -0.2) is 0 Å². The van der Waals surface area contributed by atoms with E-state index in [2.05, 4.69) is 11.4 Å². The molecule has 18 heavy (non-hydrogen) atoms. The first-order valence-corrected chi connectivity index (χ1v) is 5.82. The largest absolute Gasteiger partial charge is 0.504 e. The Balaban J connectivity index is 2.17. The van der Waals surface area contributed by atoms with Crippen LogP contribution in [-0.2, 0) is 0 Å². The van der Waals surface area contributed by atoms with Crippen LogP contribution in [0.2, 0.25) is 0 Å². The average Bonchev–Trinajstić information content (AvgIpc) is 2.82. The molecule has 1 amide bonds. The summed E-state index contributed by atoms with van der Waals surface area (Å²) < 4.78 is 0. The van der Waals surface area contributed by atoms with Gasteiger partial charge < -0.3 is 15.5 Å². The van der Waals surface area contributed by atoms with Gasteiger partial charge in [-0.15, -0.1) is 0 Å². The zero-order valence-electron chi connectivity index (χ0n) is 9.81. The molecule has 1 fully saturated rings. The lowest BCUT2D eigenvalue weighted by Gasteiger charge is -2.22. The van der Waals surface area contributed by atoms with Gasteiger partial charge in [0.15, 0.2) is 11.5 Å². The molecule has 1 aromatic carbocycles. The lowest BCUT2D eigenvalue weighted by Crippen LogP contribution is -2.45. The van der Waals surface area contributed by atoms with Crippen molar-refractivity contribution in [2.24, 2.45) is 0 Å². The molecule has 1 saturated carbocycles. The van der Waals surface area contributed by atoms with Crippen molar-refractivity contribution in [3.8, 4) is 17.6 Å². The first kappa shape index (κ1) is 12.2. The fraction of sp³-hybridized carbons (Fsp3) is 0.385. The second-order valence-corrected chi connectivity index (χ2v) is 4.56. The molecule has 1 aliphatic carbocycles. The number of hydrogen-bond acceptors (Lipinski definition) is 4. The number of phenols is 2. The second-order valence-electron chi connectivity index (χ2n) is 4.56. The zero-order chi connectivity index (χ0) is 13.2. The number of phenolic OH excluding ortho intramolecular Hbond substituents is 2.